The molecule has 0 aliphatic rings. The molecule has 0 spiro atoms. The van der Waals surface area contributed by atoms with Gasteiger partial charge in [-0.15, -0.1) is 0 Å². The molecule has 0 saturated heterocycles. The fraction of sp³-hybridized carbons (Fsp3) is 0.727. The topological polar surface area (TPSA) is 78.9 Å². The van der Waals surface area contributed by atoms with E-state index >= 15 is 0 Å². The van der Waals surface area contributed by atoms with Crippen molar-refractivity contribution in [2.45, 2.75) is 348 Å². The van der Waals surface area contributed by atoms with E-state index in [-0.39, 0.29) is 31.1 Å². The highest BCUT2D eigenvalue weighted by molar-refractivity contribution is 5.71. The van der Waals surface area contributed by atoms with Crippen molar-refractivity contribution in [2.24, 2.45) is 0 Å². The molecular weight excluding hydrogens is 1020 g/mol. The Morgan fingerprint density at radius 3 is 0.735 bits per heavy atom. The highest BCUT2D eigenvalue weighted by Gasteiger charge is 2.19. The van der Waals surface area contributed by atoms with Gasteiger partial charge in [0, 0.05) is 19.3 Å². The number of carbonyl (C=O) groups is 3. The summed E-state index contributed by atoms with van der Waals surface area (Å²) in [5, 5.41) is 0. The number of hydrogen-bond donors (Lipinski definition) is 0. The highest BCUT2D eigenvalue weighted by Crippen LogP contribution is 2.17. The van der Waals surface area contributed by atoms with Crippen molar-refractivity contribution in [3.8, 4) is 0 Å². The summed E-state index contributed by atoms with van der Waals surface area (Å²) in [7, 11) is 0. The second-order valence-corrected chi connectivity index (χ2v) is 23.4. The molecule has 0 N–H and O–H groups in total. The summed E-state index contributed by atoms with van der Waals surface area (Å²) >= 11 is 0. The van der Waals surface area contributed by atoms with Crippen molar-refractivity contribution in [1.82, 2.24) is 0 Å². The molecule has 1 unspecified atom stereocenters. The minimum Gasteiger partial charge on any atom is -0.462 e. The maximum atomic E-state index is 12.9. The fourth-order valence-corrected chi connectivity index (χ4v) is 10.0. The van der Waals surface area contributed by atoms with Crippen LogP contribution < -0.4 is 0 Å². The number of carbonyl (C=O) groups excluding carboxylic acids is 3. The van der Waals surface area contributed by atoms with Crippen LogP contribution in [0.5, 0.6) is 0 Å². The van der Waals surface area contributed by atoms with E-state index in [1.54, 1.807) is 0 Å². The number of hydrogen-bond acceptors (Lipinski definition) is 6. The number of rotatable bonds is 64. The van der Waals surface area contributed by atoms with Crippen molar-refractivity contribution in [1.29, 1.82) is 0 Å². The van der Waals surface area contributed by atoms with Crippen LogP contribution >= 0.6 is 0 Å². The predicted octanol–water partition coefficient (Wildman–Crippen LogP) is 24.6. The Labute approximate surface area is 514 Å². The van der Waals surface area contributed by atoms with Gasteiger partial charge in [0.25, 0.3) is 0 Å². The summed E-state index contributed by atoms with van der Waals surface area (Å²) in [5.41, 5.74) is 0. The third-order valence-corrected chi connectivity index (χ3v) is 15.3. The lowest BCUT2D eigenvalue weighted by Crippen LogP contribution is -2.30. The lowest BCUT2D eigenvalue weighted by atomic mass is 10.0. The first-order valence-electron chi connectivity index (χ1n) is 35.4. The Bertz CT molecular complexity index is 1660. The summed E-state index contributed by atoms with van der Waals surface area (Å²) in [5.74, 6) is -0.884. The van der Waals surface area contributed by atoms with Crippen LogP contribution in [0.25, 0.3) is 0 Å². The van der Waals surface area contributed by atoms with E-state index in [4.69, 9.17) is 14.2 Å². The predicted molar refractivity (Wildman–Crippen MR) is 362 cm³/mol. The van der Waals surface area contributed by atoms with Gasteiger partial charge in [-0.05, 0) is 89.9 Å². The summed E-state index contributed by atoms with van der Waals surface area (Å²) < 4.78 is 17.0. The zero-order chi connectivity index (χ0) is 59.9. The van der Waals surface area contributed by atoms with Crippen LogP contribution in [0.15, 0.2) is 109 Å². The summed E-state index contributed by atoms with van der Waals surface area (Å²) in [4.78, 5) is 38.4. The molecule has 1 atom stereocenters. The van der Waals surface area contributed by atoms with Crippen LogP contribution in [0.3, 0.4) is 0 Å². The third-order valence-electron chi connectivity index (χ3n) is 15.3. The fourth-order valence-electron chi connectivity index (χ4n) is 10.0. The maximum absolute atomic E-state index is 12.9. The van der Waals surface area contributed by atoms with Gasteiger partial charge in [-0.3, -0.25) is 14.4 Å². The molecule has 0 aliphatic heterocycles. The third kappa shape index (κ3) is 68.7. The van der Waals surface area contributed by atoms with Crippen LogP contribution in [0, 0.1) is 0 Å². The first-order chi connectivity index (χ1) is 41.0. The molecule has 0 amide bonds. The Kier molecular flexibility index (Phi) is 67.2. The first-order valence-corrected chi connectivity index (χ1v) is 35.4. The van der Waals surface area contributed by atoms with Crippen molar-refractivity contribution in [3.05, 3.63) is 109 Å². The number of allylic oxidation sites excluding steroid dienone is 18. The lowest BCUT2D eigenvalue weighted by molar-refractivity contribution is -0.167. The van der Waals surface area contributed by atoms with Gasteiger partial charge in [-0.2, -0.15) is 0 Å². The van der Waals surface area contributed by atoms with E-state index in [0.717, 1.165) is 135 Å². The molecule has 0 aromatic heterocycles. The van der Waals surface area contributed by atoms with Crippen molar-refractivity contribution in [2.75, 3.05) is 13.2 Å². The summed E-state index contributed by atoms with van der Waals surface area (Å²) in [6.45, 7) is 6.55. The van der Waals surface area contributed by atoms with Crippen molar-refractivity contribution < 1.29 is 28.6 Å². The second kappa shape index (κ2) is 70.6. The highest BCUT2D eigenvalue weighted by atomic mass is 16.6. The first kappa shape index (κ1) is 79.1. The van der Waals surface area contributed by atoms with Crippen LogP contribution in [-0.2, 0) is 28.6 Å². The molecule has 0 rings (SSSR count). The van der Waals surface area contributed by atoms with Gasteiger partial charge in [0.15, 0.2) is 6.10 Å². The van der Waals surface area contributed by atoms with E-state index in [9.17, 15) is 14.4 Å². The largest absolute Gasteiger partial charge is 0.462 e. The molecule has 0 aliphatic carbocycles. The summed E-state index contributed by atoms with van der Waals surface area (Å²) in [6.07, 6.45) is 96.8. The van der Waals surface area contributed by atoms with Crippen LogP contribution in [0.1, 0.15) is 342 Å². The van der Waals surface area contributed by atoms with Gasteiger partial charge in [0.1, 0.15) is 13.2 Å². The van der Waals surface area contributed by atoms with Crippen LogP contribution in [-0.4, -0.2) is 37.2 Å². The van der Waals surface area contributed by atoms with Crippen molar-refractivity contribution in [3.63, 3.8) is 0 Å². The minimum atomic E-state index is -0.785. The van der Waals surface area contributed by atoms with Gasteiger partial charge in [0.2, 0.25) is 0 Å². The van der Waals surface area contributed by atoms with Crippen LogP contribution in [0.4, 0.5) is 0 Å². The molecule has 83 heavy (non-hydrogen) atoms. The zero-order valence-electron chi connectivity index (χ0n) is 54.7. The molecule has 0 heterocycles. The van der Waals surface area contributed by atoms with Gasteiger partial charge < -0.3 is 14.2 Å². The molecular formula is C77H132O6. The van der Waals surface area contributed by atoms with Crippen LogP contribution in [0.2, 0.25) is 0 Å². The average molecular weight is 1150 g/mol. The number of unbranched alkanes of at least 4 members (excludes halogenated alkanes) is 35. The standard InChI is InChI=1S/C77H132O6/c1-4-7-10-13-16-19-22-25-27-29-31-33-34-35-36-37-38-39-40-41-42-43-44-45-47-48-50-52-55-58-61-64-67-70-76(79)82-73-74(72-81-75(78)69-66-63-60-57-54-24-21-18-15-12-9-6-3)83-77(80)71-68-65-62-59-56-53-51-49-46-32-30-28-26-23-20-17-14-11-8-5-2/h7,10,16,19,25,27,31,33,35-36,38-39,41-42,44-45,48,50,74H,4-6,8-9,11-15,17-18,20-24,26,28-30,32,34,37,40,43,46-47,49,51-73H2,1-3H3/b10-7-,19-16-,27-25-,33-31-,36-35-,39-38-,42-41-,45-44-,50-48-. The molecule has 0 radical (unpaired) electrons. The van der Waals surface area contributed by atoms with Gasteiger partial charge in [-0.25, -0.2) is 0 Å². The van der Waals surface area contributed by atoms with Gasteiger partial charge in [0.05, 0.1) is 0 Å². The number of esters is 3. The van der Waals surface area contributed by atoms with Gasteiger partial charge in [-0.1, -0.05) is 342 Å². The molecule has 0 fully saturated rings. The smallest absolute Gasteiger partial charge is 0.306 e. The van der Waals surface area contributed by atoms with E-state index in [2.05, 4.69) is 130 Å². The Hall–Kier alpha value is -3.93. The van der Waals surface area contributed by atoms with Crippen molar-refractivity contribution >= 4 is 17.9 Å². The lowest BCUT2D eigenvalue weighted by Gasteiger charge is -2.18. The van der Waals surface area contributed by atoms with E-state index in [0.29, 0.717) is 19.3 Å². The van der Waals surface area contributed by atoms with E-state index < -0.39 is 6.10 Å². The molecule has 6 heteroatoms. The Morgan fingerprint density at radius 1 is 0.253 bits per heavy atom. The number of ether oxygens (including phenoxy) is 3. The minimum absolute atomic E-state index is 0.0796. The molecule has 0 bridgehead atoms. The Morgan fingerprint density at radius 2 is 0.470 bits per heavy atom. The normalized spacial score (nSPS) is 12.8. The van der Waals surface area contributed by atoms with Gasteiger partial charge >= 0.3 is 17.9 Å². The SMILES string of the molecule is CC/C=C\C/C=C\C/C=C\C/C=C\C/C=C\C/C=C\C/C=C\C/C=C\C/C=C\CCCCCCCC(=O)OCC(COC(=O)CCCCCCCCCCCCCC)OC(=O)CCCCCCCCCCCCCCCCCCCCCC. The monoisotopic (exact) mass is 1150 g/mol. The average Bonchev–Trinajstić information content (AvgIpc) is 3.49. The van der Waals surface area contributed by atoms with E-state index in [1.807, 2.05) is 0 Å². The maximum Gasteiger partial charge on any atom is 0.306 e. The molecule has 0 saturated carbocycles. The molecule has 0 aromatic rings. The quantitative estimate of drug-likeness (QED) is 0.0261. The molecule has 476 valence electrons. The Balaban J connectivity index is 4.29. The second-order valence-electron chi connectivity index (χ2n) is 23.4. The summed E-state index contributed by atoms with van der Waals surface area (Å²) in [6, 6.07) is 0. The van der Waals surface area contributed by atoms with E-state index in [1.165, 1.54) is 167 Å². The molecule has 0 aromatic carbocycles. The zero-order valence-corrected chi connectivity index (χ0v) is 54.7. The molecule has 6 nitrogen and oxygen atoms in total.